The molecule has 15 heavy (non-hydrogen) atoms. The number of nitrogens with one attached hydrogen (secondary N) is 1. The van der Waals surface area contributed by atoms with Gasteiger partial charge in [0.15, 0.2) is 0 Å². The summed E-state index contributed by atoms with van der Waals surface area (Å²) in [6, 6.07) is 0.659. The Labute approximate surface area is 94.8 Å². The molecule has 1 heterocycles. The second-order valence-corrected chi connectivity index (χ2v) is 5.08. The molecule has 0 aromatic rings. The van der Waals surface area contributed by atoms with Crippen LogP contribution in [0.15, 0.2) is 0 Å². The van der Waals surface area contributed by atoms with Gasteiger partial charge in [0.05, 0.1) is 0 Å². The van der Waals surface area contributed by atoms with Crippen LogP contribution >= 0.6 is 0 Å². The second kappa shape index (κ2) is 6.46. The molecular weight excluding hydrogens is 186 g/mol. The zero-order chi connectivity index (χ0) is 11.3. The quantitative estimate of drug-likeness (QED) is 0.731. The summed E-state index contributed by atoms with van der Waals surface area (Å²) < 4.78 is 0. The Morgan fingerprint density at radius 2 is 2.20 bits per heavy atom. The minimum absolute atomic E-state index is 0.659. The Bertz CT molecular complexity index is 170. The largest absolute Gasteiger partial charge is 0.317 e. The Kier molecular flexibility index (Phi) is 5.58. The summed E-state index contributed by atoms with van der Waals surface area (Å²) in [5.74, 6) is 0.839. The maximum absolute atomic E-state index is 3.38. The van der Waals surface area contributed by atoms with E-state index in [1.807, 2.05) is 0 Å². The Hall–Kier alpha value is -0.120. The van der Waals surface area contributed by atoms with Gasteiger partial charge in [-0.25, -0.2) is 0 Å². The van der Waals surface area contributed by atoms with E-state index < -0.39 is 0 Å². The molecule has 1 saturated heterocycles. The topological polar surface area (TPSA) is 18.5 Å². The van der Waals surface area contributed by atoms with Crippen LogP contribution < -0.4 is 5.32 Å². The number of nitrogens with zero attached hydrogens (tertiary/aromatic N) is 2. The van der Waals surface area contributed by atoms with E-state index in [1.165, 1.54) is 39.0 Å². The van der Waals surface area contributed by atoms with E-state index in [-0.39, 0.29) is 0 Å². The molecule has 0 bridgehead atoms. The van der Waals surface area contributed by atoms with Crippen molar-refractivity contribution in [2.24, 2.45) is 5.92 Å². The smallest absolute Gasteiger partial charge is 0.0109 e. The maximum atomic E-state index is 3.38. The fourth-order valence-corrected chi connectivity index (χ4v) is 2.28. The van der Waals surface area contributed by atoms with Crippen molar-refractivity contribution in [3.8, 4) is 0 Å². The van der Waals surface area contributed by atoms with Crippen LogP contribution in [-0.2, 0) is 0 Å². The van der Waals surface area contributed by atoms with Gasteiger partial charge in [0.2, 0.25) is 0 Å². The third-order valence-electron chi connectivity index (χ3n) is 3.57. The van der Waals surface area contributed by atoms with Crippen molar-refractivity contribution in [2.75, 3.05) is 47.3 Å². The van der Waals surface area contributed by atoms with Crippen molar-refractivity contribution in [3.05, 3.63) is 0 Å². The van der Waals surface area contributed by atoms with Crippen LogP contribution in [0.4, 0.5) is 0 Å². The van der Waals surface area contributed by atoms with Gasteiger partial charge in [-0.3, -0.25) is 0 Å². The van der Waals surface area contributed by atoms with Crippen LogP contribution in [-0.4, -0.2) is 63.2 Å². The van der Waals surface area contributed by atoms with Crippen molar-refractivity contribution < 1.29 is 0 Å². The minimum atomic E-state index is 0.659. The predicted molar refractivity (Wildman–Crippen MR) is 66.2 cm³/mol. The summed E-state index contributed by atoms with van der Waals surface area (Å²) >= 11 is 0. The normalized spacial score (nSPS) is 25.8. The van der Waals surface area contributed by atoms with E-state index in [0.717, 1.165) is 5.92 Å². The van der Waals surface area contributed by atoms with Crippen molar-refractivity contribution in [3.63, 3.8) is 0 Å². The highest BCUT2D eigenvalue weighted by Crippen LogP contribution is 2.19. The lowest BCUT2D eigenvalue weighted by Crippen LogP contribution is -2.45. The lowest BCUT2D eigenvalue weighted by molar-refractivity contribution is 0.143. The van der Waals surface area contributed by atoms with Crippen molar-refractivity contribution in [1.82, 2.24) is 15.1 Å². The first-order valence-corrected chi connectivity index (χ1v) is 6.18. The second-order valence-electron chi connectivity index (χ2n) is 5.08. The average molecular weight is 213 g/mol. The monoisotopic (exact) mass is 213 g/mol. The van der Waals surface area contributed by atoms with Gasteiger partial charge in [0.25, 0.3) is 0 Å². The molecule has 90 valence electrons. The molecule has 0 aromatic carbocycles. The first-order valence-electron chi connectivity index (χ1n) is 6.18. The van der Waals surface area contributed by atoms with E-state index in [9.17, 15) is 0 Å². The first-order chi connectivity index (χ1) is 7.13. The highest BCUT2D eigenvalue weighted by molar-refractivity contribution is 4.79. The summed E-state index contributed by atoms with van der Waals surface area (Å²) in [5.41, 5.74) is 0. The van der Waals surface area contributed by atoms with E-state index in [1.54, 1.807) is 0 Å². The van der Waals surface area contributed by atoms with Crippen LogP contribution in [0.1, 0.15) is 19.8 Å². The van der Waals surface area contributed by atoms with Gasteiger partial charge >= 0.3 is 0 Å². The molecule has 0 saturated carbocycles. The third-order valence-corrected chi connectivity index (χ3v) is 3.57. The van der Waals surface area contributed by atoms with Crippen molar-refractivity contribution >= 4 is 0 Å². The summed E-state index contributed by atoms with van der Waals surface area (Å²) in [6.07, 6.45) is 2.75. The highest BCUT2D eigenvalue weighted by atomic mass is 15.2. The number of likely N-dealkylation sites (tertiary alicyclic amines) is 1. The third kappa shape index (κ3) is 4.49. The van der Waals surface area contributed by atoms with Gasteiger partial charge in [0, 0.05) is 25.7 Å². The zero-order valence-electron chi connectivity index (χ0n) is 10.8. The van der Waals surface area contributed by atoms with Gasteiger partial charge in [-0.1, -0.05) is 0 Å². The van der Waals surface area contributed by atoms with E-state index >= 15 is 0 Å². The number of rotatable bonds is 5. The molecule has 1 aliphatic rings. The molecule has 3 heteroatoms. The number of piperidine rings is 1. The molecule has 1 rings (SSSR count). The van der Waals surface area contributed by atoms with Crippen molar-refractivity contribution in [1.29, 1.82) is 0 Å². The molecule has 3 nitrogen and oxygen atoms in total. The molecule has 1 aliphatic heterocycles. The van der Waals surface area contributed by atoms with Crippen molar-refractivity contribution in [2.45, 2.75) is 25.8 Å². The van der Waals surface area contributed by atoms with E-state index in [2.05, 4.69) is 43.2 Å². The average Bonchev–Trinajstić information content (AvgIpc) is 2.25. The fraction of sp³-hybridized carbons (Fsp3) is 1.00. The molecule has 0 aromatic heterocycles. The zero-order valence-corrected chi connectivity index (χ0v) is 10.8. The molecule has 0 aliphatic carbocycles. The molecule has 2 unspecified atom stereocenters. The molecule has 0 radical (unpaired) electrons. The molecule has 2 atom stereocenters. The summed E-state index contributed by atoms with van der Waals surface area (Å²) in [6.45, 7) is 7.28. The number of hydrogen-bond donors (Lipinski definition) is 1. The van der Waals surface area contributed by atoms with Crippen LogP contribution in [0.3, 0.4) is 0 Å². The number of hydrogen-bond acceptors (Lipinski definition) is 3. The van der Waals surface area contributed by atoms with Gasteiger partial charge in [-0.15, -0.1) is 0 Å². The lowest BCUT2D eigenvalue weighted by atomic mass is 9.92. The van der Waals surface area contributed by atoms with Crippen LogP contribution in [0.2, 0.25) is 0 Å². The molecule has 0 spiro atoms. The molecular formula is C12H27N3. The standard InChI is InChI=1S/C12H27N3/c1-11(13-2)12-6-5-7-15(10-12)9-8-14(3)4/h11-13H,5-10H2,1-4H3. The summed E-state index contributed by atoms with van der Waals surface area (Å²) in [4.78, 5) is 4.88. The first kappa shape index (κ1) is 12.9. The van der Waals surface area contributed by atoms with Crippen LogP contribution in [0, 0.1) is 5.92 Å². The summed E-state index contributed by atoms with van der Waals surface area (Å²) in [5, 5.41) is 3.38. The highest BCUT2D eigenvalue weighted by Gasteiger charge is 2.23. The molecule has 0 amide bonds. The Morgan fingerprint density at radius 3 is 2.80 bits per heavy atom. The maximum Gasteiger partial charge on any atom is 0.0109 e. The van der Waals surface area contributed by atoms with Gasteiger partial charge in [-0.05, 0) is 53.4 Å². The van der Waals surface area contributed by atoms with Crippen LogP contribution in [0.25, 0.3) is 0 Å². The minimum Gasteiger partial charge on any atom is -0.317 e. The fourth-order valence-electron chi connectivity index (χ4n) is 2.28. The number of likely N-dealkylation sites (N-methyl/N-ethyl adjacent to an activating group) is 1. The Balaban J connectivity index is 2.29. The molecule has 1 N–H and O–H groups in total. The predicted octanol–water partition coefficient (Wildman–Crippen LogP) is 0.868. The van der Waals surface area contributed by atoms with Gasteiger partial charge in [-0.2, -0.15) is 0 Å². The van der Waals surface area contributed by atoms with E-state index in [0.29, 0.717) is 6.04 Å². The SMILES string of the molecule is CNC(C)C1CCCN(CCN(C)C)C1. The van der Waals surface area contributed by atoms with Crippen LogP contribution in [0.5, 0.6) is 0 Å². The Morgan fingerprint density at radius 1 is 1.47 bits per heavy atom. The lowest BCUT2D eigenvalue weighted by Gasteiger charge is -2.36. The van der Waals surface area contributed by atoms with Gasteiger partial charge < -0.3 is 15.1 Å². The molecule has 1 fully saturated rings. The van der Waals surface area contributed by atoms with Gasteiger partial charge in [0.1, 0.15) is 0 Å². The van der Waals surface area contributed by atoms with E-state index in [4.69, 9.17) is 0 Å². The summed E-state index contributed by atoms with van der Waals surface area (Å²) in [7, 11) is 6.37.